The lowest BCUT2D eigenvalue weighted by Crippen LogP contribution is -2.47. The SMILES string of the molecule is CCC(C(=O)N1CCC(NC(=O)c2cc3sc(N(C)C)nc3s2)CC1)c1ccccc1. The lowest BCUT2D eigenvalue weighted by molar-refractivity contribution is -0.134. The molecule has 0 radical (unpaired) electrons. The number of hydrogen-bond acceptors (Lipinski definition) is 6. The molecule has 4 rings (SSSR count). The molecular weight excluding hydrogens is 428 g/mol. The van der Waals surface area contributed by atoms with Crippen LogP contribution in [0.3, 0.4) is 0 Å². The highest BCUT2D eigenvalue weighted by Gasteiger charge is 2.29. The number of hydrogen-bond donors (Lipinski definition) is 1. The smallest absolute Gasteiger partial charge is 0.261 e. The van der Waals surface area contributed by atoms with E-state index in [1.807, 2.05) is 60.3 Å². The molecule has 0 saturated carbocycles. The van der Waals surface area contributed by atoms with Gasteiger partial charge in [0.15, 0.2) is 5.13 Å². The largest absolute Gasteiger partial charge is 0.354 e. The highest BCUT2D eigenvalue weighted by molar-refractivity contribution is 7.29. The van der Waals surface area contributed by atoms with Crippen molar-refractivity contribution in [3.63, 3.8) is 0 Å². The highest BCUT2D eigenvalue weighted by atomic mass is 32.1. The number of carbonyl (C=O) groups excluding carboxylic acids is 2. The van der Waals surface area contributed by atoms with Gasteiger partial charge in [0.05, 0.1) is 15.5 Å². The Balaban J connectivity index is 1.33. The first kappa shape index (κ1) is 21.8. The van der Waals surface area contributed by atoms with Crippen molar-refractivity contribution < 1.29 is 9.59 Å². The molecule has 31 heavy (non-hydrogen) atoms. The van der Waals surface area contributed by atoms with E-state index in [4.69, 9.17) is 0 Å². The summed E-state index contributed by atoms with van der Waals surface area (Å²) in [5.41, 5.74) is 1.08. The predicted octanol–water partition coefficient (Wildman–Crippen LogP) is 4.34. The zero-order chi connectivity index (χ0) is 22.0. The van der Waals surface area contributed by atoms with E-state index >= 15 is 0 Å². The number of piperidine rings is 1. The second kappa shape index (κ2) is 9.36. The molecule has 8 heteroatoms. The van der Waals surface area contributed by atoms with Gasteiger partial charge >= 0.3 is 0 Å². The summed E-state index contributed by atoms with van der Waals surface area (Å²) >= 11 is 3.04. The highest BCUT2D eigenvalue weighted by Crippen LogP contribution is 2.34. The fourth-order valence-electron chi connectivity index (χ4n) is 3.99. The lowest BCUT2D eigenvalue weighted by Gasteiger charge is -2.34. The van der Waals surface area contributed by atoms with E-state index in [1.54, 1.807) is 11.3 Å². The van der Waals surface area contributed by atoms with Crippen LogP contribution < -0.4 is 10.2 Å². The van der Waals surface area contributed by atoms with Gasteiger partial charge < -0.3 is 15.1 Å². The maximum Gasteiger partial charge on any atom is 0.261 e. The Labute approximate surface area is 190 Å². The maximum absolute atomic E-state index is 13.1. The molecule has 0 bridgehead atoms. The third-order valence-electron chi connectivity index (χ3n) is 5.73. The van der Waals surface area contributed by atoms with Crippen molar-refractivity contribution in [1.29, 1.82) is 0 Å². The third-order valence-corrected chi connectivity index (χ3v) is 8.06. The first-order valence-electron chi connectivity index (χ1n) is 10.7. The van der Waals surface area contributed by atoms with Crippen molar-refractivity contribution in [2.45, 2.75) is 38.1 Å². The van der Waals surface area contributed by atoms with Crippen LogP contribution in [0.4, 0.5) is 5.13 Å². The molecule has 1 aliphatic heterocycles. The predicted molar refractivity (Wildman–Crippen MR) is 128 cm³/mol. The molecule has 1 N–H and O–H groups in total. The summed E-state index contributed by atoms with van der Waals surface area (Å²) in [5, 5.41) is 4.11. The molecule has 6 nitrogen and oxygen atoms in total. The van der Waals surface area contributed by atoms with E-state index in [0.717, 1.165) is 39.5 Å². The summed E-state index contributed by atoms with van der Waals surface area (Å²) in [6.07, 6.45) is 2.36. The molecule has 0 aliphatic carbocycles. The molecule has 0 spiro atoms. The number of anilines is 1. The van der Waals surface area contributed by atoms with Crippen LogP contribution in [-0.2, 0) is 4.79 Å². The Morgan fingerprint density at radius 2 is 1.90 bits per heavy atom. The quantitative estimate of drug-likeness (QED) is 0.599. The summed E-state index contributed by atoms with van der Waals surface area (Å²) in [6, 6.07) is 12.0. The maximum atomic E-state index is 13.1. The Morgan fingerprint density at radius 1 is 1.19 bits per heavy atom. The Morgan fingerprint density at radius 3 is 2.52 bits per heavy atom. The molecule has 2 aromatic heterocycles. The van der Waals surface area contributed by atoms with E-state index in [9.17, 15) is 9.59 Å². The summed E-state index contributed by atoms with van der Waals surface area (Å²) in [5.74, 6) is 0.0628. The molecule has 1 saturated heterocycles. The van der Waals surface area contributed by atoms with Gasteiger partial charge in [-0.25, -0.2) is 4.98 Å². The van der Waals surface area contributed by atoms with Crippen LogP contribution in [-0.4, -0.2) is 54.9 Å². The second-order valence-corrected chi connectivity index (χ2v) is 10.2. The lowest BCUT2D eigenvalue weighted by atomic mass is 9.93. The van der Waals surface area contributed by atoms with Gasteiger partial charge in [-0.05, 0) is 30.9 Å². The van der Waals surface area contributed by atoms with Crippen molar-refractivity contribution in [2.75, 3.05) is 32.1 Å². The van der Waals surface area contributed by atoms with E-state index < -0.39 is 0 Å². The number of carbonyl (C=O) groups is 2. The number of fused-ring (bicyclic) bond motifs is 1. The fraction of sp³-hybridized carbons (Fsp3) is 0.435. The summed E-state index contributed by atoms with van der Waals surface area (Å²) in [4.78, 5) is 35.9. The molecule has 3 aromatic rings. The molecule has 2 amide bonds. The number of benzene rings is 1. The monoisotopic (exact) mass is 456 g/mol. The van der Waals surface area contributed by atoms with Gasteiger partial charge in [0.2, 0.25) is 5.91 Å². The van der Waals surface area contributed by atoms with Crippen LogP contribution in [0.1, 0.15) is 47.3 Å². The number of nitrogens with one attached hydrogen (secondary N) is 1. The van der Waals surface area contributed by atoms with Gasteiger partial charge in [-0.2, -0.15) is 0 Å². The number of aromatic nitrogens is 1. The molecule has 1 unspecified atom stereocenters. The fourth-order valence-corrected chi connectivity index (χ4v) is 6.02. The number of rotatable bonds is 6. The van der Waals surface area contributed by atoms with Crippen molar-refractivity contribution in [2.24, 2.45) is 0 Å². The van der Waals surface area contributed by atoms with Crippen LogP contribution in [0.15, 0.2) is 36.4 Å². The van der Waals surface area contributed by atoms with Gasteiger partial charge in [-0.1, -0.05) is 48.6 Å². The molecule has 3 heterocycles. The zero-order valence-electron chi connectivity index (χ0n) is 18.1. The zero-order valence-corrected chi connectivity index (χ0v) is 19.8. The average molecular weight is 457 g/mol. The summed E-state index contributed by atoms with van der Waals surface area (Å²) in [7, 11) is 3.94. The average Bonchev–Trinajstić information content (AvgIpc) is 3.35. The first-order chi connectivity index (χ1) is 15.0. The number of thiophene rings is 1. The number of amides is 2. The van der Waals surface area contributed by atoms with Crippen LogP contribution in [0.5, 0.6) is 0 Å². The van der Waals surface area contributed by atoms with Crippen LogP contribution in [0.2, 0.25) is 0 Å². The third kappa shape index (κ3) is 4.75. The molecule has 1 aromatic carbocycles. The molecule has 164 valence electrons. The van der Waals surface area contributed by atoms with E-state index in [0.29, 0.717) is 18.0 Å². The van der Waals surface area contributed by atoms with Crippen molar-refractivity contribution in [1.82, 2.24) is 15.2 Å². The minimum Gasteiger partial charge on any atom is -0.354 e. The Hall–Kier alpha value is -2.45. The van der Waals surface area contributed by atoms with Crippen molar-refractivity contribution in [3.05, 3.63) is 46.8 Å². The topological polar surface area (TPSA) is 65.5 Å². The van der Waals surface area contributed by atoms with Gasteiger partial charge in [0, 0.05) is 33.2 Å². The number of thiazole rings is 1. The number of nitrogens with zero attached hydrogens (tertiary/aromatic N) is 3. The van der Waals surface area contributed by atoms with Crippen LogP contribution in [0, 0.1) is 0 Å². The Kier molecular flexibility index (Phi) is 6.57. The van der Waals surface area contributed by atoms with Gasteiger partial charge in [-0.3, -0.25) is 9.59 Å². The minimum absolute atomic E-state index is 0.0397. The van der Waals surface area contributed by atoms with Crippen molar-refractivity contribution in [3.8, 4) is 0 Å². The Bertz CT molecular complexity index is 1020. The van der Waals surface area contributed by atoms with Crippen molar-refractivity contribution >= 4 is 49.1 Å². The number of likely N-dealkylation sites (tertiary alicyclic amines) is 1. The summed E-state index contributed by atoms with van der Waals surface area (Å²) in [6.45, 7) is 3.42. The minimum atomic E-state index is -0.0917. The van der Waals surface area contributed by atoms with E-state index in [1.165, 1.54) is 11.3 Å². The normalized spacial score (nSPS) is 15.8. The van der Waals surface area contributed by atoms with E-state index in [-0.39, 0.29) is 23.8 Å². The molecule has 1 fully saturated rings. The standard InChI is InChI=1S/C23H28N4O2S2/c1-4-17(15-8-6-5-7-9-15)22(29)27-12-10-16(11-13-27)24-20(28)18-14-19-21(30-18)25-23(31-19)26(2)3/h5-9,14,16-17H,4,10-13H2,1-3H3,(H,24,28). The van der Waals surface area contributed by atoms with Crippen LogP contribution in [0.25, 0.3) is 9.53 Å². The van der Waals surface area contributed by atoms with E-state index in [2.05, 4.69) is 17.2 Å². The molecular formula is C23H28N4O2S2. The van der Waals surface area contributed by atoms with Crippen LogP contribution >= 0.6 is 22.7 Å². The van der Waals surface area contributed by atoms with Gasteiger partial charge in [0.25, 0.3) is 5.91 Å². The van der Waals surface area contributed by atoms with Gasteiger partial charge in [0.1, 0.15) is 4.83 Å². The second-order valence-electron chi connectivity index (χ2n) is 8.12. The molecule has 1 aliphatic rings. The first-order valence-corrected chi connectivity index (χ1v) is 12.3. The van der Waals surface area contributed by atoms with Gasteiger partial charge in [-0.15, -0.1) is 11.3 Å². The summed E-state index contributed by atoms with van der Waals surface area (Å²) < 4.78 is 1.05. The molecule has 1 atom stereocenters.